The zero-order valence-electron chi connectivity index (χ0n) is 17.0. The van der Waals surface area contributed by atoms with Crippen LogP contribution in [0.2, 0.25) is 0 Å². The highest BCUT2D eigenvalue weighted by atomic mass is 32.2. The van der Waals surface area contributed by atoms with Crippen LogP contribution >= 0.6 is 11.3 Å². The molecule has 8 heteroatoms. The van der Waals surface area contributed by atoms with Crippen LogP contribution < -0.4 is 10.6 Å². The van der Waals surface area contributed by atoms with E-state index in [-0.39, 0.29) is 18.4 Å². The molecule has 2 aromatic rings. The average Bonchev–Trinajstić information content (AvgIpc) is 3.48. The highest BCUT2D eigenvalue weighted by molar-refractivity contribution is 7.91. The van der Waals surface area contributed by atoms with Crippen LogP contribution in [0.5, 0.6) is 0 Å². The first-order valence-electron chi connectivity index (χ1n) is 10.7. The highest BCUT2D eigenvalue weighted by Crippen LogP contribution is 2.28. The Labute approximate surface area is 182 Å². The second-order valence-corrected chi connectivity index (χ2v) is 11.3. The molecule has 4 rings (SSSR count). The molecular weight excluding hydrogens is 418 g/mol. The van der Waals surface area contributed by atoms with E-state index in [0.29, 0.717) is 23.6 Å². The molecule has 1 aliphatic carbocycles. The molecule has 2 fully saturated rings. The first-order chi connectivity index (χ1) is 14.5. The number of thiophene rings is 1. The summed E-state index contributed by atoms with van der Waals surface area (Å²) in [6, 6.07) is 11.1. The van der Waals surface area contributed by atoms with Crippen LogP contribution in [-0.2, 0) is 14.8 Å². The molecule has 162 valence electrons. The SMILES string of the molecule is O=C(Nc1ccc(NCC2CCCC2)cc1)C1CCCN(S(=O)(=O)c2cccs2)C1. The fourth-order valence-electron chi connectivity index (χ4n) is 4.30. The molecule has 1 saturated carbocycles. The van der Waals surface area contributed by atoms with Crippen LogP contribution in [0.4, 0.5) is 11.4 Å². The van der Waals surface area contributed by atoms with Gasteiger partial charge in [-0.15, -0.1) is 11.3 Å². The number of piperidine rings is 1. The maximum Gasteiger partial charge on any atom is 0.252 e. The molecule has 0 spiro atoms. The van der Waals surface area contributed by atoms with Crippen LogP contribution in [0, 0.1) is 11.8 Å². The van der Waals surface area contributed by atoms with Gasteiger partial charge in [0.15, 0.2) is 0 Å². The summed E-state index contributed by atoms with van der Waals surface area (Å²) in [5, 5.41) is 8.20. The van der Waals surface area contributed by atoms with Gasteiger partial charge in [-0.1, -0.05) is 18.9 Å². The summed E-state index contributed by atoms with van der Waals surface area (Å²) in [7, 11) is -3.51. The Morgan fingerprint density at radius 2 is 1.77 bits per heavy atom. The minimum atomic E-state index is -3.51. The third-order valence-corrected chi connectivity index (χ3v) is 9.30. The van der Waals surface area contributed by atoms with Crippen LogP contribution in [-0.4, -0.2) is 38.3 Å². The number of benzene rings is 1. The number of nitrogens with zero attached hydrogens (tertiary/aromatic N) is 1. The molecule has 1 saturated heterocycles. The van der Waals surface area contributed by atoms with Crippen molar-refractivity contribution in [2.75, 3.05) is 30.3 Å². The fourth-order valence-corrected chi connectivity index (χ4v) is 6.97. The molecule has 1 unspecified atom stereocenters. The van der Waals surface area contributed by atoms with E-state index in [1.54, 1.807) is 17.5 Å². The summed E-state index contributed by atoms with van der Waals surface area (Å²) in [6.45, 7) is 1.70. The van der Waals surface area contributed by atoms with Gasteiger partial charge in [0, 0.05) is 31.0 Å². The second-order valence-electron chi connectivity index (χ2n) is 8.23. The first kappa shape index (κ1) is 21.3. The number of hydrogen-bond acceptors (Lipinski definition) is 5. The van der Waals surface area contributed by atoms with Crippen molar-refractivity contribution in [3.05, 3.63) is 41.8 Å². The van der Waals surface area contributed by atoms with Crippen molar-refractivity contribution in [3.8, 4) is 0 Å². The number of hydrogen-bond donors (Lipinski definition) is 2. The van der Waals surface area contributed by atoms with Crippen molar-refractivity contribution in [1.29, 1.82) is 0 Å². The largest absolute Gasteiger partial charge is 0.385 e. The molecule has 0 bridgehead atoms. The number of carbonyl (C=O) groups excluding carboxylic acids is 1. The maximum atomic E-state index is 12.8. The van der Waals surface area contributed by atoms with Crippen molar-refractivity contribution >= 4 is 38.6 Å². The van der Waals surface area contributed by atoms with Gasteiger partial charge in [0.05, 0.1) is 5.92 Å². The molecule has 1 amide bonds. The van der Waals surface area contributed by atoms with Gasteiger partial charge < -0.3 is 10.6 Å². The Hall–Kier alpha value is -1.90. The summed E-state index contributed by atoms with van der Waals surface area (Å²) >= 11 is 1.21. The Kier molecular flexibility index (Phi) is 6.75. The monoisotopic (exact) mass is 447 g/mol. The number of rotatable bonds is 7. The molecule has 0 radical (unpaired) electrons. The smallest absolute Gasteiger partial charge is 0.252 e. The van der Waals surface area contributed by atoms with E-state index >= 15 is 0 Å². The molecule has 1 atom stereocenters. The quantitative estimate of drug-likeness (QED) is 0.660. The van der Waals surface area contributed by atoms with Crippen LogP contribution in [0.15, 0.2) is 46.0 Å². The molecule has 2 N–H and O–H groups in total. The van der Waals surface area contributed by atoms with Gasteiger partial charge in [-0.05, 0) is 67.3 Å². The zero-order chi connectivity index (χ0) is 21.0. The lowest BCUT2D eigenvalue weighted by molar-refractivity contribution is -0.120. The van der Waals surface area contributed by atoms with Crippen LogP contribution in [0.25, 0.3) is 0 Å². The number of amides is 1. The van der Waals surface area contributed by atoms with E-state index in [0.717, 1.165) is 23.8 Å². The third-order valence-electron chi connectivity index (χ3n) is 6.07. The predicted molar refractivity (Wildman–Crippen MR) is 121 cm³/mol. The lowest BCUT2D eigenvalue weighted by atomic mass is 9.98. The fraction of sp³-hybridized carbons (Fsp3) is 0.500. The predicted octanol–water partition coefficient (Wildman–Crippen LogP) is 4.39. The normalized spacial score (nSPS) is 20.9. The maximum absolute atomic E-state index is 12.8. The van der Waals surface area contributed by atoms with E-state index in [4.69, 9.17) is 0 Å². The Morgan fingerprint density at radius 1 is 1.03 bits per heavy atom. The number of carbonyl (C=O) groups is 1. The second kappa shape index (κ2) is 9.49. The highest BCUT2D eigenvalue weighted by Gasteiger charge is 2.33. The van der Waals surface area contributed by atoms with Crippen molar-refractivity contribution in [3.63, 3.8) is 0 Å². The van der Waals surface area contributed by atoms with Crippen molar-refractivity contribution in [2.45, 2.75) is 42.7 Å². The summed E-state index contributed by atoms with van der Waals surface area (Å²) in [5.41, 5.74) is 1.80. The number of nitrogens with one attached hydrogen (secondary N) is 2. The van der Waals surface area contributed by atoms with Crippen molar-refractivity contribution in [2.24, 2.45) is 11.8 Å². The summed E-state index contributed by atoms with van der Waals surface area (Å²) < 4.78 is 27.3. The van der Waals surface area contributed by atoms with Gasteiger partial charge in [0.2, 0.25) is 5.91 Å². The molecule has 2 heterocycles. The lowest BCUT2D eigenvalue weighted by Crippen LogP contribution is -2.43. The summed E-state index contributed by atoms with van der Waals surface area (Å²) in [4.78, 5) is 12.8. The van der Waals surface area contributed by atoms with E-state index in [9.17, 15) is 13.2 Å². The van der Waals surface area contributed by atoms with Gasteiger partial charge >= 0.3 is 0 Å². The standard InChI is InChI=1S/C22H29N3O3S2/c26-22(18-7-3-13-25(16-18)30(27,28)21-8-4-14-29-21)24-20-11-9-19(10-12-20)23-15-17-5-1-2-6-17/h4,8-12,14,17-18,23H,1-3,5-7,13,15-16H2,(H,24,26). The zero-order valence-corrected chi connectivity index (χ0v) is 18.7. The molecular formula is C22H29N3O3S2. The van der Waals surface area contributed by atoms with Crippen molar-refractivity contribution in [1.82, 2.24) is 4.31 Å². The van der Waals surface area contributed by atoms with Crippen LogP contribution in [0.3, 0.4) is 0 Å². The Balaban J connectivity index is 1.32. The molecule has 2 aliphatic rings. The number of sulfonamides is 1. The summed E-state index contributed by atoms with van der Waals surface area (Å²) in [6.07, 6.45) is 6.68. The van der Waals surface area contributed by atoms with Gasteiger partial charge in [-0.3, -0.25) is 4.79 Å². The molecule has 30 heavy (non-hydrogen) atoms. The van der Waals surface area contributed by atoms with Gasteiger partial charge in [-0.2, -0.15) is 4.31 Å². The van der Waals surface area contributed by atoms with Gasteiger partial charge in [0.25, 0.3) is 10.0 Å². The van der Waals surface area contributed by atoms with Crippen LogP contribution in [0.1, 0.15) is 38.5 Å². The molecule has 6 nitrogen and oxygen atoms in total. The van der Waals surface area contributed by atoms with Gasteiger partial charge in [-0.25, -0.2) is 8.42 Å². The molecule has 1 aromatic carbocycles. The molecule has 1 aromatic heterocycles. The number of anilines is 2. The van der Waals surface area contributed by atoms with E-state index in [2.05, 4.69) is 10.6 Å². The minimum Gasteiger partial charge on any atom is -0.385 e. The van der Waals surface area contributed by atoms with Gasteiger partial charge in [0.1, 0.15) is 4.21 Å². The topological polar surface area (TPSA) is 78.5 Å². The Bertz CT molecular complexity index is 937. The van der Waals surface area contributed by atoms with Crippen molar-refractivity contribution < 1.29 is 13.2 Å². The first-order valence-corrected chi connectivity index (χ1v) is 13.0. The average molecular weight is 448 g/mol. The summed E-state index contributed by atoms with van der Waals surface area (Å²) in [5.74, 6) is 0.311. The third kappa shape index (κ3) is 5.04. The lowest BCUT2D eigenvalue weighted by Gasteiger charge is -2.30. The Morgan fingerprint density at radius 3 is 2.47 bits per heavy atom. The molecule has 1 aliphatic heterocycles. The van der Waals surface area contributed by atoms with E-state index < -0.39 is 10.0 Å². The minimum absolute atomic E-state index is 0.118. The van der Waals surface area contributed by atoms with E-state index in [1.165, 1.54) is 41.3 Å². The van der Waals surface area contributed by atoms with E-state index in [1.807, 2.05) is 24.3 Å².